The van der Waals surface area contributed by atoms with Gasteiger partial charge in [-0.05, 0) is 43.0 Å². The Hall–Kier alpha value is -2.30. The molecule has 1 heterocycles. The Kier molecular flexibility index (Phi) is 5.20. The van der Waals surface area contributed by atoms with E-state index in [0.717, 1.165) is 35.4 Å². The first-order chi connectivity index (χ1) is 10.6. The molecule has 1 aromatic rings. The van der Waals surface area contributed by atoms with Crippen LogP contribution in [0.1, 0.15) is 25.8 Å². The van der Waals surface area contributed by atoms with Crippen LogP contribution in [-0.2, 0) is 6.42 Å². The van der Waals surface area contributed by atoms with Gasteiger partial charge < -0.3 is 14.2 Å². The normalized spacial score (nSPS) is 15.6. The van der Waals surface area contributed by atoms with Crippen LogP contribution in [-0.4, -0.2) is 21.3 Å². The van der Waals surface area contributed by atoms with E-state index in [0.29, 0.717) is 17.2 Å². The van der Waals surface area contributed by atoms with E-state index in [9.17, 15) is 0 Å². The number of benzene rings is 1. The maximum absolute atomic E-state index is 5.37. The molecule has 0 aromatic heterocycles. The molecule has 5 nitrogen and oxygen atoms in total. The van der Waals surface area contributed by atoms with Gasteiger partial charge in [0.15, 0.2) is 11.5 Å². The van der Waals surface area contributed by atoms with E-state index < -0.39 is 0 Å². The van der Waals surface area contributed by atoms with Gasteiger partial charge in [0.1, 0.15) is 0 Å². The first kappa shape index (κ1) is 16.1. The zero-order valence-electron chi connectivity index (χ0n) is 13.8. The molecule has 0 unspecified atom stereocenters. The fourth-order valence-corrected chi connectivity index (χ4v) is 2.41. The minimum Gasteiger partial charge on any atom is -0.493 e. The molecule has 22 heavy (non-hydrogen) atoms. The van der Waals surface area contributed by atoms with Crippen molar-refractivity contribution in [2.45, 2.75) is 26.7 Å². The van der Waals surface area contributed by atoms with Gasteiger partial charge in [0.2, 0.25) is 5.75 Å². The SMILES string of the molecule is CCC1=C(C)/C(=C\Cc2cc(OC)c(OC)c(OC)c2)N=N1. The Balaban J connectivity index is 2.28. The van der Waals surface area contributed by atoms with Crippen LogP contribution < -0.4 is 14.2 Å². The molecule has 0 radical (unpaired) electrons. The van der Waals surface area contributed by atoms with Gasteiger partial charge in [0, 0.05) is 0 Å². The minimum atomic E-state index is 0.603. The van der Waals surface area contributed by atoms with Crippen molar-refractivity contribution in [2.24, 2.45) is 10.2 Å². The number of rotatable bonds is 6. The van der Waals surface area contributed by atoms with Gasteiger partial charge in [-0.2, -0.15) is 10.2 Å². The number of azo groups is 1. The van der Waals surface area contributed by atoms with Gasteiger partial charge in [0.25, 0.3) is 0 Å². The molecular formula is C17H22N2O3. The predicted octanol–water partition coefficient (Wildman–Crippen LogP) is 4.29. The average Bonchev–Trinajstić information content (AvgIpc) is 2.91. The number of methoxy groups -OCH3 is 3. The van der Waals surface area contributed by atoms with Crippen LogP contribution in [0.4, 0.5) is 0 Å². The van der Waals surface area contributed by atoms with Crippen molar-refractivity contribution in [3.63, 3.8) is 0 Å². The molecule has 0 saturated heterocycles. The van der Waals surface area contributed by atoms with E-state index >= 15 is 0 Å². The molecule has 0 amide bonds. The summed E-state index contributed by atoms with van der Waals surface area (Å²) >= 11 is 0. The topological polar surface area (TPSA) is 52.4 Å². The van der Waals surface area contributed by atoms with Crippen molar-refractivity contribution in [1.82, 2.24) is 0 Å². The fraction of sp³-hybridized carbons (Fsp3) is 0.412. The van der Waals surface area contributed by atoms with Crippen LogP contribution in [0, 0.1) is 0 Å². The standard InChI is InChI=1S/C17H22N2O3/c1-6-13-11(2)14(19-18-13)8-7-12-9-15(20-3)17(22-5)16(10-12)21-4/h8-10H,6-7H2,1-5H3/b14-8+. The summed E-state index contributed by atoms with van der Waals surface area (Å²) in [7, 11) is 4.83. The first-order valence-electron chi connectivity index (χ1n) is 7.25. The number of hydrogen-bond acceptors (Lipinski definition) is 5. The Morgan fingerprint density at radius 1 is 1.00 bits per heavy atom. The molecule has 1 aliphatic heterocycles. The molecule has 118 valence electrons. The minimum absolute atomic E-state index is 0.603. The number of ether oxygens (including phenoxy) is 3. The molecule has 0 saturated carbocycles. The van der Waals surface area contributed by atoms with Gasteiger partial charge in [-0.25, -0.2) is 0 Å². The van der Waals surface area contributed by atoms with E-state index in [-0.39, 0.29) is 0 Å². The Labute approximate surface area is 131 Å². The summed E-state index contributed by atoms with van der Waals surface area (Å²) in [5, 5.41) is 8.42. The highest BCUT2D eigenvalue weighted by Gasteiger charge is 2.14. The maximum atomic E-state index is 5.37. The van der Waals surface area contributed by atoms with Gasteiger partial charge in [0.05, 0.1) is 32.7 Å². The monoisotopic (exact) mass is 302 g/mol. The summed E-state index contributed by atoms with van der Waals surface area (Å²) in [6, 6.07) is 3.90. The highest BCUT2D eigenvalue weighted by molar-refractivity contribution is 5.54. The Bertz CT molecular complexity index is 620. The lowest BCUT2D eigenvalue weighted by Gasteiger charge is -2.13. The molecule has 0 bridgehead atoms. The van der Waals surface area contributed by atoms with Gasteiger partial charge in [-0.3, -0.25) is 0 Å². The van der Waals surface area contributed by atoms with Crippen molar-refractivity contribution < 1.29 is 14.2 Å². The Morgan fingerprint density at radius 3 is 2.09 bits per heavy atom. The lowest BCUT2D eigenvalue weighted by molar-refractivity contribution is 0.324. The molecule has 1 aliphatic rings. The zero-order valence-corrected chi connectivity index (χ0v) is 13.8. The number of hydrogen-bond donors (Lipinski definition) is 0. The van der Waals surface area contributed by atoms with Crippen molar-refractivity contribution in [1.29, 1.82) is 0 Å². The molecule has 0 fully saturated rings. The van der Waals surface area contributed by atoms with Gasteiger partial charge >= 0.3 is 0 Å². The summed E-state index contributed by atoms with van der Waals surface area (Å²) < 4.78 is 16.1. The highest BCUT2D eigenvalue weighted by atomic mass is 16.5. The smallest absolute Gasteiger partial charge is 0.203 e. The number of allylic oxidation sites excluding steroid dienone is 3. The molecule has 0 atom stereocenters. The van der Waals surface area contributed by atoms with Gasteiger partial charge in [-0.15, -0.1) is 0 Å². The highest BCUT2D eigenvalue weighted by Crippen LogP contribution is 2.38. The first-order valence-corrected chi connectivity index (χ1v) is 7.25. The van der Waals surface area contributed by atoms with Crippen LogP contribution in [0.5, 0.6) is 17.2 Å². The Morgan fingerprint density at radius 2 is 1.64 bits per heavy atom. The molecule has 5 heteroatoms. The summed E-state index contributed by atoms with van der Waals surface area (Å²) in [5.41, 5.74) is 4.20. The summed E-state index contributed by atoms with van der Waals surface area (Å²) in [5.74, 6) is 1.92. The molecule has 1 aromatic carbocycles. The average molecular weight is 302 g/mol. The summed E-state index contributed by atoms with van der Waals surface area (Å²) in [4.78, 5) is 0. The second-order valence-electron chi connectivity index (χ2n) is 4.95. The van der Waals surface area contributed by atoms with Crippen molar-refractivity contribution >= 4 is 0 Å². The molecule has 0 aliphatic carbocycles. The van der Waals surface area contributed by atoms with E-state index in [1.54, 1.807) is 21.3 Å². The summed E-state index contributed by atoms with van der Waals surface area (Å²) in [6.07, 6.45) is 3.69. The molecule has 0 N–H and O–H groups in total. The van der Waals surface area contributed by atoms with E-state index in [1.807, 2.05) is 12.1 Å². The second kappa shape index (κ2) is 7.11. The van der Waals surface area contributed by atoms with E-state index in [1.165, 1.54) is 0 Å². The third-order valence-electron chi connectivity index (χ3n) is 3.69. The fourth-order valence-electron chi connectivity index (χ4n) is 2.41. The quantitative estimate of drug-likeness (QED) is 0.787. The second-order valence-corrected chi connectivity index (χ2v) is 4.95. The third kappa shape index (κ3) is 3.13. The molecule has 0 spiro atoms. The predicted molar refractivity (Wildman–Crippen MR) is 85.7 cm³/mol. The van der Waals surface area contributed by atoms with Crippen LogP contribution in [0.15, 0.2) is 45.4 Å². The van der Waals surface area contributed by atoms with Crippen molar-refractivity contribution in [3.05, 3.63) is 40.7 Å². The van der Waals surface area contributed by atoms with Crippen LogP contribution in [0.2, 0.25) is 0 Å². The third-order valence-corrected chi connectivity index (χ3v) is 3.69. The van der Waals surface area contributed by atoms with E-state index in [4.69, 9.17) is 14.2 Å². The van der Waals surface area contributed by atoms with E-state index in [2.05, 4.69) is 30.2 Å². The lowest BCUT2D eigenvalue weighted by Crippen LogP contribution is -1.97. The maximum Gasteiger partial charge on any atom is 0.203 e. The van der Waals surface area contributed by atoms with Crippen molar-refractivity contribution in [2.75, 3.05) is 21.3 Å². The van der Waals surface area contributed by atoms with Crippen LogP contribution >= 0.6 is 0 Å². The lowest BCUT2D eigenvalue weighted by atomic mass is 10.1. The molecule has 2 rings (SSSR count). The largest absolute Gasteiger partial charge is 0.493 e. The van der Waals surface area contributed by atoms with Crippen molar-refractivity contribution in [3.8, 4) is 17.2 Å². The van der Waals surface area contributed by atoms with Crippen LogP contribution in [0.3, 0.4) is 0 Å². The number of nitrogens with zero attached hydrogens (tertiary/aromatic N) is 2. The molecular weight excluding hydrogens is 280 g/mol. The summed E-state index contributed by atoms with van der Waals surface area (Å²) in [6.45, 7) is 4.14. The zero-order chi connectivity index (χ0) is 16.1. The van der Waals surface area contributed by atoms with Crippen LogP contribution in [0.25, 0.3) is 0 Å². The van der Waals surface area contributed by atoms with Gasteiger partial charge in [-0.1, -0.05) is 13.0 Å².